The summed E-state index contributed by atoms with van der Waals surface area (Å²) >= 11 is 0. The van der Waals surface area contributed by atoms with Gasteiger partial charge in [0.1, 0.15) is 12.4 Å². The fourth-order valence-corrected chi connectivity index (χ4v) is 1.85. The molecule has 0 spiro atoms. The van der Waals surface area contributed by atoms with Crippen molar-refractivity contribution in [1.29, 1.82) is 0 Å². The van der Waals surface area contributed by atoms with Crippen molar-refractivity contribution < 1.29 is 38.6 Å². The Morgan fingerprint density at radius 3 is 1.77 bits per heavy atom. The van der Waals surface area contributed by atoms with Gasteiger partial charge in [0.15, 0.2) is 0 Å². The number of hydrogen-bond acceptors (Lipinski definition) is 8. The number of ether oxygens (including phenoxy) is 6. The molecule has 0 aromatic heterocycles. The van der Waals surface area contributed by atoms with E-state index in [0.717, 1.165) is 0 Å². The van der Waals surface area contributed by atoms with Crippen molar-refractivity contribution in [3.8, 4) is 5.75 Å². The van der Waals surface area contributed by atoms with Gasteiger partial charge in [-0.2, -0.15) is 0 Å². The Labute approximate surface area is 154 Å². The maximum absolute atomic E-state index is 8.88. The molecule has 8 nitrogen and oxygen atoms in total. The normalized spacial score (nSPS) is 12.2. The Hall–Kier alpha value is -1.26. The van der Waals surface area contributed by atoms with E-state index in [9.17, 15) is 0 Å². The van der Waals surface area contributed by atoms with Crippen LogP contribution in [0.3, 0.4) is 0 Å². The van der Waals surface area contributed by atoms with Crippen LogP contribution >= 0.6 is 0 Å². The minimum Gasteiger partial charge on any atom is -0.462 e. The molecule has 1 aromatic rings. The van der Waals surface area contributed by atoms with Gasteiger partial charge in [0.25, 0.3) is 0 Å². The third-order valence-electron chi connectivity index (χ3n) is 3.01. The lowest BCUT2D eigenvalue weighted by molar-refractivity contribution is -0.131. The van der Waals surface area contributed by atoms with Crippen LogP contribution in [0.15, 0.2) is 30.3 Å². The van der Waals surface area contributed by atoms with Gasteiger partial charge in [-0.15, -0.1) is 0 Å². The third kappa shape index (κ3) is 13.0. The molecule has 26 heavy (non-hydrogen) atoms. The number of para-hydroxylation sites is 1. The summed E-state index contributed by atoms with van der Waals surface area (Å²) in [5.41, 5.74) is 0. The molecule has 0 fully saturated rings. The fourth-order valence-electron chi connectivity index (χ4n) is 1.85. The monoisotopic (exact) mass is 374 g/mol. The summed E-state index contributed by atoms with van der Waals surface area (Å²) in [5.74, 6) is 0.676. The second kappa shape index (κ2) is 17.2. The maximum atomic E-state index is 8.88. The van der Waals surface area contributed by atoms with Gasteiger partial charge >= 0.3 is 0 Å². The Bertz CT molecular complexity index is 403. The third-order valence-corrected chi connectivity index (χ3v) is 3.01. The van der Waals surface area contributed by atoms with Crippen LogP contribution in [0.2, 0.25) is 0 Å². The molecule has 0 aliphatic rings. The van der Waals surface area contributed by atoms with Crippen LogP contribution in [-0.4, -0.2) is 89.2 Å². The van der Waals surface area contributed by atoms with E-state index in [1.54, 1.807) is 0 Å². The van der Waals surface area contributed by atoms with E-state index in [0.29, 0.717) is 52.0 Å². The first-order chi connectivity index (χ1) is 12.9. The lowest BCUT2D eigenvalue weighted by atomic mass is 10.3. The quantitative estimate of drug-likeness (QED) is 0.283. The standard InChI is InChI=1S/C18H30O8/c19-6-8-21-10-11-22-12-13-23-14-15-24-16-18(25-9-7-20)26-17-4-2-1-3-5-17/h1-5,18-20H,6-16H2. The van der Waals surface area contributed by atoms with Crippen LogP contribution in [0.1, 0.15) is 0 Å². The minimum atomic E-state index is -0.591. The second-order valence-corrected chi connectivity index (χ2v) is 5.09. The number of aliphatic hydroxyl groups is 2. The summed E-state index contributed by atoms with van der Waals surface area (Å²) in [4.78, 5) is 0. The molecule has 0 saturated heterocycles. The number of rotatable bonds is 18. The van der Waals surface area contributed by atoms with Crippen molar-refractivity contribution in [2.75, 3.05) is 72.7 Å². The highest BCUT2D eigenvalue weighted by molar-refractivity contribution is 5.21. The van der Waals surface area contributed by atoms with Crippen molar-refractivity contribution in [1.82, 2.24) is 0 Å². The first-order valence-corrected chi connectivity index (χ1v) is 8.72. The van der Waals surface area contributed by atoms with Crippen LogP contribution in [0, 0.1) is 0 Å². The summed E-state index contributed by atoms with van der Waals surface area (Å²) in [7, 11) is 0. The molecule has 0 radical (unpaired) electrons. The SMILES string of the molecule is OCCOCCOCCOCCOCC(OCCO)Oc1ccccc1. The Kier molecular flexibility index (Phi) is 15.0. The Morgan fingerprint density at radius 1 is 0.654 bits per heavy atom. The van der Waals surface area contributed by atoms with Crippen molar-refractivity contribution in [2.45, 2.75) is 6.29 Å². The van der Waals surface area contributed by atoms with Gasteiger partial charge in [0.05, 0.1) is 66.1 Å². The lowest BCUT2D eigenvalue weighted by Crippen LogP contribution is -2.28. The van der Waals surface area contributed by atoms with E-state index >= 15 is 0 Å². The molecule has 0 aliphatic heterocycles. The van der Waals surface area contributed by atoms with E-state index in [2.05, 4.69) is 0 Å². The van der Waals surface area contributed by atoms with Crippen molar-refractivity contribution >= 4 is 0 Å². The first-order valence-electron chi connectivity index (χ1n) is 8.72. The highest BCUT2D eigenvalue weighted by Crippen LogP contribution is 2.11. The molecule has 0 amide bonds. The summed E-state index contributed by atoms with van der Waals surface area (Å²) in [6, 6.07) is 9.29. The first kappa shape index (κ1) is 22.8. The van der Waals surface area contributed by atoms with E-state index in [4.69, 9.17) is 38.6 Å². The Morgan fingerprint density at radius 2 is 1.19 bits per heavy atom. The van der Waals surface area contributed by atoms with Gasteiger partial charge in [0, 0.05) is 0 Å². The van der Waals surface area contributed by atoms with Gasteiger partial charge in [-0.25, -0.2) is 0 Å². The van der Waals surface area contributed by atoms with Gasteiger partial charge < -0.3 is 38.6 Å². The minimum absolute atomic E-state index is 0.0192. The van der Waals surface area contributed by atoms with E-state index in [1.165, 1.54) is 0 Å². The van der Waals surface area contributed by atoms with E-state index < -0.39 is 6.29 Å². The molecule has 1 aromatic carbocycles. The molecule has 0 saturated carbocycles. The zero-order valence-electron chi connectivity index (χ0n) is 15.1. The molecular weight excluding hydrogens is 344 g/mol. The van der Waals surface area contributed by atoms with Crippen LogP contribution < -0.4 is 4.74 Å². The number of benzene rings is 1. The molecule has 0 bridgehead atoms. The molecule has 1 atom stereocenters. The fraction of sp³-hybridized carbons (Fsp3) is 0.667. The van der Waals surface area contributed by atoms with E-state index in [-0.39, 0.29) is 26.4 Å². The zero-order valence-corrected chi connectivity index (χ0v) is 15.1. The second-order valence-electron chi connectivity index (χ2n) is 5.09. The van der Waals surface area contributed by atoms with Crippen LogP contribution in [-0.2, 0) is 23.7 Å². The summed E-state index contributed by atoms with van der Waals surface area (Å²) in [5, 5.41) is 17.4. The van der Waals surface area contributed by atoms with Gasteiger partial charge in [-0.05, 0) is 12.1 Å². The van der Waals surface area contributed by atoms with Crippen molar-refractivity contribution in [3.63, 3.8) is 0 Å². The molecule has 0 heterocycles. The Balaban J connectivity index is 2.00. The van der Waals surface area contributed by atoms with Crippen molar-refractivity contribution in [2.24, 2.45) is 0 Å². The predicted octanol–water partition coefficient (Wildman–Crippen LogP) is 0.459. The smallest absolute Gasteiger partial charge is 0.223 e. The zero-order chi connectivity index (χ0) is 18.7. The van der Waals surface area contributed by atoms with Crippen LogP contribution in [0.5, 0.6) is 5.75 Å². The lowest BCUT2D eigenvalue weighted by Gasteiger charge is -2.19. The molecular formula is C18H30O8. The molecule has 150 valence electrons. The highest BCUT2D eigenvalue weighted by Gasteiger charge is 2.11. The number of hydrogen-bond donors (Lipinski definition) is 2. The van der Waals surface area contributed by atoms with Gasteiger partial charge in [-0.1, -0.05) is 18.2 Å². The molecule has 8 heteroatoms. The van der Waals surface area contributed by atoms with Crippen LogP contribution in [0.25, 0.3) is 0 Å². The topological polar surface area (TPSA) is 95.8 Å². The summed E-state index contributed by atoms with van der Waals surface area (Å²) in [6.45, 7) is 3.38. The van der Waals surface area contributed by atoms with Crippen molar-refractivity contribution in [3.05, 3.63) is 30.3 Å². The largest absolute Gasteiger partial charge is 0.462 e. The summed E-state index contributed by atoms with van der Waals surface area (Å²) < 4.78 is 32.3. The molecule has 1 unspecified atom stereocenters. The molecule has 2 N–H and O–H groups in total. The molecule has 0 aliphatic carbocycles. The van der Waals surface area contributed by atoms with Crippen LogP contribution in [0.4, 0.5) is 0 Å². The van der Waals surface area contributed by atoms with Gasteiger partial charge in [0.2, 0.25) is 6.29 Å². The highest BCUT2D eigenvalue weighted by atomic mass is 16.7. The number of aliphatic hydroxyl groups excluding tert-OH is 2. The average molecular weight is 374 g/mol. The van der Waals surface area contributed by atoms with Gasteiger partial charge in [-0.3, -0.25) is 0 Å². The maximum Gasteiger partial charge on any atom is 0.223 e. The average Bonchev–Trinajstić information content (AvgIpc) is 2.67. The molecule has 1 rings (SSSR count). The van der Waals surface area contributed by atoms with E-state index in [1.807, 2.05) is 30.3 Å². The summed E-state index contributed by atoms with van der Waals surface area (Å²) in [6.07, 6.45) is -0.591. The predicted molar refractivity (Wildman–Crippen MR) is 94.3 cm³/mol.